The van der Waals surface area contributed by atoms with Gasteiger partial charge in [-0.25, -0.2) is 9.59 Å². The summed E-state index contributed by atoms with van der Waals surface area (Å²) in [5.74, 6) is -3.86. The molecule has 26 heavy (non-hydrogen) atoms. The van der Waals surface area contributed by atoms with Crippen molar-refractivity contribution in [2.45, 2.75) is 64.7 Å². The molecule has 7 nitrogen and oxygen atoms in total. The zero-order chi connectivity index (χ0) is 19.8. The second-order valence-corrected chi connectivity index (χ2v) is 6.87. The number of allylic oxidation sites excluding steroid dienone is 2. The number of quaternary nitrogens is 1. The predicted octanol–water partition coefficient (Wildman–Crippen LogP) is 1.81. The molecule has 0 fully saturated rings. The second-order valence-electron chi connectivity index (χ2n) is 6.87. The molecule has 150 valence electrons. The minimum absolute atomic E-state index is 0.192. The van der Waals surface area contributed by atoms with E-state index in [-0.39, 0.29) is 6.54 Å². The van der Waals surface area contributed by atoms with Crippen LogP contribution in [0.5, 0.6) is 0 Å². The molecule has 0 saturated heterocycles. The lowest BCUT2D eigenvalue weighted by molar-refractivity contribution is -0.909. The lowest BCUT2D eigenvalue weighted by atomic mass is 10.1. The van der Waals surface area contributed by atoms with Gasteiger partial charge in [-0.1, -0.05) is 44.8 Å². The van der Waals surface area contributed by atoms with Crippen LogP contribution in [0.25, 0.3) is 0 Å². The van der Waals surface area contributed by atoms with Gasteiger partial charge in [-0.2, -0.15) is 0 Å². The highest BCUT2D eigenvalue weighted by molar-refractivity contribution is 5.72. The molecule has 0 amide bonds. The van der Waals surface area contributed by atoms with Crippen LogP contribution >= 0.6 is 0 Å². The molecule has 0 radical (unpaired) electrons. The second kappa shape index (κ2) is 14.3. The van der Waals surface area contributed by atoms with Gasteiger partial charge in [0.15, 0.2) is 13.1 Å². The summed E-state index contributed by atoms with van der Waals surface area (Å²) in [6.07, 6.45) is 13.6. The Morgan fingerprint density at radius 2 is 1.31 bits per heavy atom. The van der Waals surface area contributed by atoms with E-state index in [1.807, 2.05) is 0 Å². The highest BCUT2D eigenvalue weighted by Gasteiger charge is 2.33. The van der Waals surface area contributed by atoms with Gasteiger partial charge in [0.05, 0.1) is 12.5 Å². The highest BCUT2D eigenvalue weighted by atomic mass is 16.4. The van der Waals surface area contributed by atoms with Crippen LogP contribution in [-0.2, 0) is 14.4 Å². The number of carboxylic acid groups (broad SMARTS) is 3. The van der Waals surface area contributed by atoms with Crippen molar-refractivity contribution in [3.8, 4) is 0 Å². The molecule has 0 aromatic carbocycles. The van der Waals surface area contributed by atoms with Crippen molar-refractivity contribution in [2.75, 3.05) is 26.2 Å². The largest absolute Gasteiger partial charge is 0.544 e. The van der Waals surface area contributed by atoms with Crippen molar-refractivity contribution in [3.05, 3.63) is 12.2 Å². The van der Waals surface area contributed by atoms with Gasteiger partial charge in [-0.15, -0.1) is 0 Å². The first-order chi connectivity index (χ1) is 12.3. The third kappa shape index (κ3) is 13.4. The number of unbranched alkanes of at least 4 members (excludes halogenated alkanes) is 7. The SMILES string of the molecule is CCCCCCC/C=C/CCCC[N+](CC(=O)[O-])(CC(=O)O)CC(=O)O. The Morgan fingerprint density at radius 1 is 0.808 bits per heavy atom. The van der Waals surface area contributed by atoms with E-state index in [0.29, 0.717) is 6.42 Å². The fourth-order valence-electron chi connectivity index (χ4n) is 3.06. The molecule has 0 aromatic heterocycles. The highest BCUT2D eigenvalue weighted by Crippen LogP contribution is 2.12. The molecule has 0 aromatic rings. The summed E-state index contributed by atoms with van der Waals surface area (Å²) in [7, 11) is 0. The van der Waals surface area contributed by atoms with E-state index in [1.54, 1.807) is 0 Å². The van der Waals surface area contributed by atoms with Gasteiger partial charge in [0, 0.05) is 0 Å². The van der Waals surface area contributed by atoms with E-state index in [2.05, 4.69) is 19.1 Å². The molecule has 7 heteroatoms. The van der Waals surface area contributed by atoms with Crippen LogP contribution in [-0.4, -0.2) is 58.8 Å². The average Bonchev–Trinajstić information content (AvgIpc) is 2.50. The van der Waals surface area contributed by atoms with E-state index < -0.39 is 42.0 Å². The van der Waals surface area contributed by atoms with E-state index in [9.17, 15) is 19.5 Å². The van der Waals surface area contributed by atoms with Gasteiger partial charge < -0.3 is 24.6 Å². The van der Waals surface area contributed by atoms with E-state index in [0.717, 1.165) is 19.3 Å². The van der Waals surface area contributed by atoms with Crippen LogP contribution in [0, 0.1) is 0 Å². The van der Waals surface area contributed by atoms with E-state index in [4.69, 9.17) is 10.2 Å². The maximum absolute atomic E-state index is 11.0. The Hall–Kier alpha value is -1.89. The van der Waals surface area contributed by atoms with Crippen LogP contribution in [0.4, 0.5) is 0 Å². The van der Waals surface area contributed by atoms with Crippen LogP contribution in [0.2, 0.25) is 0 Å². The first-order valence-corrected chi connectivity index (χ1v) is 9.45. The van der Waals surface area contributed by atoms with Crippen LogP contribution in [0.3, 0.4) is 0 Å². The predicted molar refractivity (Wildman–Crippen MR) is 96.4 cm³/mol. The van der Waals surface area contributed by atoms with Crippen LogP contribution < -0.4 is 5.11 Å². The standard InChI is InChI=1S/C19H33NO6/c1-2-3-4-5-6-7-8-9-10-11-12-13-20(14-17(21)22,15-18(23)24)16-19(25)26/h8-9H,2-7,10-16H2,1H3,(H2-,21,22,23,24,25,26)/b9-8+. The molecule has 0 aliphatic carbocycles. The number of rotatable bonds is 17. The molecule has 0 heterocycles. The fraction of sp³-hybridized carbons (Fsp3) is 0.737. The van der Waals surface area contributed by atoms with Gasteiger partial charge in [0.2, 0.25) is 0 Å². The lowest BCUT2D eigenvalue weighted by Gasteiger charge is -2.36. The zero-order valence-electron chi connectivity index (χ0n) is 15.8. The van der Waals surface area contributed by atoms with Gasteiger partial charge in [0.25, 0.3) is 0 Å². The van der Waals surface area contributed by atoms with E-state index >= 15 is 0 Å². The van der Waals surface area contributed by atoms with Crippen LogP contribution in [0.15, 0.2) is 12.2 Å². The maximum atomic E-state index is 11.0. The Kier molecular flexibility index (Phi) is 13.3. The number of nitrogens with zero attached hydrogens (tertiary/aromatic N) is 1. The summed E-state index contributed by atoms with van der Waals surface area (Å²) in [6, 6.07) is 0. The van der Waals surface area contributed by atoms with Crippen LogP contribution in [0.1, 0.15) is 64.7 Å². The van der Waals surface area contributed by atoms with Crippen molar-refractivity contribution in [3.63, 3.8) is 0 Å². The summed E-state index contributed by atoms with van der Waals surface area (Å²) in [5.41, 5.74) is 0. The summed E-state index contributed by atoms with van der Waals surface area (Å²) in [6.45, 7) is 0.707. The molecule has 0 atom stereocenters. The molecule has 0 bridgehead atoms. The lowest BCUT2D eigenvalue weighted by Crippen LogP contribution is -2.59. The third-order valence-electron chi connectivity index (χ3n) is 4.30. The van der Waals surface area contributed by atoms with Crippen molar-refractivity contribution in [1.82, 2.24) is 0 Å². The minimum Gasteiger partial charge on any atom is -0.544 e. The number of carbonyl (C=O) groups excluding carboxylic acids is 1. The van der Waals surface area contributed by atoms with Crippen molar-refractivity contribution >= 4 is 17.9 Å². The molecule has 2 N–H and O–H groups in total. The number of carbonyl (C=O) groups is 3. The number of hydrogen-bond acceptors (Lipinski definition) is 4. The molecular weight excluding hydrogens is 338 g/mol. The molecule has 0 rings (SSSR count). The van der Waals surface area contributed by atoms with Gasteiger partial charge in [-0.05, 0) is 32.1 Å². The van der Waals surface area contributed by atoms with Gasteiger partial charge >= 0.3 is 11.9 Å². The summed E-state index contributed by atoms with van der Waals surface area (Å²) < 4.78 is -0.520. The molecule has 0 aliphatic rings. The zero-order valence-corrected chi connectivity index (χ0v) is 15.8. The number of carboxylic acids is 3. The van der Waals surface area contributed by atoms with Gasteiger partial charge in [-0.3, -0.25) is 0 Å². The quantitative estimate of drug-likeness (QED) is 0.229. The molecule has 0 spiro atoms. The Morgan fingerprint density at radius 3 is 1.77 bits per heavy atom. The number of hydrogen-bond donors (Lipinski definition) is 2. The Balaban J connectivity index is 4.28. The monoisotopic (exact) mass is 371 g/mol. The Bertz CT molecular complexity index is 420. The maximum Gasteiger partial charge on any atom is 0.359 e. The van der Waals surface area contributed by atoms with Crippen molar-refractivity contribution in [2.24, 2.45) is 0 Å². The molecule has 0 saturated carbocycles. The van der Waals surface area contributed by atoms with Gasteiger partial charge in [0.1, 0.15) is 6.54 Å². The molecule has 0 aliphatic heterocycles. The Labute approximate surface area is 155 Å². The minimum atomic E-state index is -1.43. The fourth-order valence-corrected chi connectivity index (χ4v) is 3.06. The first kappa shape index (κ1) is 24.1. The summed E-state index contributed by atoms with van der Waals surface area (Å²) >= 11 is 0. The van der Waals surface area contributed by atoms with E-state index in [1.165, 1.54) is 32.1 Å². The summed E-state index contributed by atoms with van der Waals surface area (Å²) in [4.78, 5) is 33.0. The first-order valence-electron chi connectivity index (χ1n) is 9.45. The third-order valence-corrected chi connectivity index (χ3v) is 4.30. The molecule has 0 unspecified atom stereocenters. The molecular formula is C19H33NO6. The van der Waals surface area contributed by atoms with Crippen molar-refractivity contribution in [1.29, 1.82) is 0 Å². The number of aliphatic carboxylic acids is 3. The van der Waals surface area contributed by atoms with Crippen molar-refractivity contribution < 1.29 is 34.2 Å². The summed E-state index contributed by atoms with van der Waals surface area (Å²) in [5, 5.41) is 29.0. The smallest absolute Gasteiger partial charge is 0.359 e. The average molecular weight is 371 g/mol. The normalized spacial score (nSPS) is 11.7. The topological polar surface area (TPSA) is 115 Å².